The van der Waals surface area contributed by atoms with Crippen LogP contribution in [-0.4, -0.2) is 19.1 Å². The first kappa shape index (κ1) is 22.6. The van der Waals surface area contributed by atoms with Gasteiger partial charge in [-0.1, -0.05) is 66.7 Å². The smallest absolute Gasteiger partial charge is 0.227 e. The molecule has 0 saturated heterocycles. The first-order chi connectivity index (χ1) is 19.7. The summed E-state index contributed by atoms with van der Waals surface area (Å²) in [5.41, 5.74) is 9.36. The maximum absolute atomic E-state index is 6.12. The van der Waals surface area contributed by atoms with Crippen molar-refractivity contribution in [1.82, 2.24) is 19.1 Å². The summed E-state index contributed by atoms with van der Waals surface area (Å²) in [5, 5.41) is 2.40. The van der Waals surface area contributed by atoms with Crippen LogP contribution in [0.25, 0.3) is 72.6 Å². The zero-order valence-electron chi connectivity index (χ0n) is 21.8. The number of fused-ring (bicyclic) bond motifs is 4. The fraction of sp³-hybridized carbons (Fsp3) is 0.0286. The Morgan fingerprint density at radius 3 is 2.27 bits per heavy atom. The van der Waals surface area contributed by atoms with Gasteiger partial charge in [-0.05, 0) is 59.7 Å². The van der Waals surface area contributed by atoms with Crippen molar-refractivity contribution in [2.24, 2.45) is 7.05 Å². The highest BCUT2D eigenvalue weighted by atomic mass is 16.3. The van der Waals surface area contributed by atoms with E-state index in [-0.39, 0.29) is 0 Å². The Morgan fingerprint density at radius 2 is 1.40 bits per heavy atom. The minimum Gasteiger partial charge on any atom is -0.436 e. The number of nitrogens with zero attached hydrogens (tertiary/aromatic N) is 4. The third-order valence-corrected chi connectivity index (χ3v) is 7.59. The molecule has 8 aromatic rings. The first-order valence-corrected chi connectivity index (χ1v) is 13.3. The molecule has 5 heteroatoms. The second-order valence-electron chi connectivity index (χ2n) is 10.1. The van der Waals surface area contributed by atoms with Crippen LogP contribution in [0.2, 0.25) is 0 Å². The second-order valence-corrected chi connectivity index (χ2v) is 10.1. The zero-order valence-corrected chi connectivity index (χ0v) is 21.8. The highest BCUT2D eigenvalue weighted by Crippen LogP contribution is 2.36. The molecule has 40 heavy (non-hydrogen) atoms. The van der Waals surface area contributed by atoms with Gasteiger partial charge < -0.3 is 13.6 Å². The quantitative estimate of drug-likeness (QED) is 0.235. The van der Waals surface area contributed by atoms with E-state index in [1.807, 2.05) is 48.3 Å². The Labute approximate surface area is 230 Å². The van der Waals surface area contributed by atoms with E-state index in [4.69, 9.17) is 9.40 Å². The molecule has 8 rings (SSSR count). The number of benzene rings is 5. The van der Waals surface area contributed by atoms with Gasteiger partial charge in [-0.2, -0.15) is 0 Å². The van der Waals surface area contributed by atoms with E-state index in [1.165, 1.54) is 10.8 Å². The fourth-order valence-electron chi connectivity index (χ4n) is 5.68. The summed E-state index contributed by atoms with van der Waals surface area (Å²) in [5.74, 6) is 1.58. The van der Waals surface area contributed by atoms with Crippen LogP contribution in [0.15, 0.2) is 132 Å². The van der Waals surface area contributed by atoms with Gasteiger partial charge in [0.1, 0.15) is 11.3 Å². The number of rotatable bonds is 4. The van der Waals surface area contributed by atoms with E-state index in [0.717, 1.165) is 55.9 Å². The van der Waals surface area contributed by atoms with Gasteiger partial charge >= 0.3 is 0 Å². The van der Waals surface area contributed by atoms with E-state index < -0.39 is 0 Å². The lowest BCUT2D eigenvalue weighted by Crippen LogP contribution is -1.95. The van der Waals surface area contributed by atoms with Gasteiger partial charge in [-0.15, -0.1) is 0 Å². The molecule has 0 bridgehead atoms. The molecule has 0 spiro atoms. The number of aryl methyl sites for hydroxylation is 1. The molecule has 0 unspecified atom stereocenters. The van der Waals surface area contributed by atoms with E-state index in [1.54, 1.807) is 0 Å². The van der Waals surface area contributed by atoms with Crippen LogP contribution in [0, 0.1) is 0 Å². The summed E-state index contributed by atoms with van der Waals surface area (Å²) in [7, 11) is 2.02. The van der Waals surface area contributed by atoms with Crippen molar-refractivity contribution in [2.45, 2.75) is 0 Å². The number of imidazole rings is 1. The molecule has 5 nitrogen and oxygen atoms in total. The van der Waals surface area contributed by atoms with Gasteiger partial charge in [0.05, 0.1) is 11.0 Å². The van der Waals surface area contributed by atoms with Gasteiger partial charge in [-0.3, -0.25) is 0 Å². The molecule has 3 heterocycles. The van der Waals surface area contributed by atoms with Crippen molar-refractivity contribution >= 4 is 32.9 Å². The summed E-state index contributed by atoms with van der Waals surface area (Å²) in [4.78, 5) is 9.29. The Hall–Kier alpha value is -5.42. The molecule has 0 saturated carbocycles. The molecule has 0 radical (unpaired) electrons. The van der Waals surface area contributed by atoms with Crippen LogP contribution >= 0.6 is 0 Å². The predicted octanol–water partition coefficient (Wildman–Crippen LogP) is 8.66. The van der Waals surface area contributed by atoms with Gasteiger partial charge in [-0.25, -0.2) is 9.97 Å². The molecule has 5 aromatic carbocycles. The lowest BCUT2D eigenvalue weighted by Gasteiger charge is -2.11. The Morgan fingerprint density at radius 1 is 0.625 bits per heavy atom. The maximum atomic E-state index is 6.12. The molecule has 0 aliphatic carbocycles. The Bertz CT molecular complexity index is 2160. The number of hydrogen-bond donors (Lipinski definition) is 0. The zero-order chi connectivity index (χ0) is 26.6. The van der Waals surface area contributed by atoms with Gasteiger partial charge in [0.15, 0.2) is 5.58 Å². The standard InChI is InChI=1S/C35H24N4O/c1-38-19-18-36-34(38)25-10-6-8-23(20-25)24-9-7-11-27(21-24)39-31-14-4-2-12-28(31)29-17-16-26(22-32(29)39)35-37-30-13-3-5-15-33(30)40-35/h2-22H,1H3. The second kappa shape index (κ2) is 8.82. The largest absolute Gasteiger partial charge is 0.436 e. The molecule has 0 aliphatic heterocycles. The van der Waals surface area contributed by atoms with Crippen LogP contribution < -0.4 is 0 Å². The molecule has 0 N–H and O–H groups in total. The highest BCUT2D eigenvalue weighted by molar-refractivity contribution is 6.10. The Kier molecular flexibility index (Phi) is 4.97. The van der Waals surface area contributed by atoms with Crippen molar-refractivity contribution in [2.75, 3.05) is 0 Å². The van der Waals surface area contributed by atoms with Crippen LogP contribution in [0.1, 0.15) is 0 Å². The molecule has 0 aliphatic rings. The van der Waals surface area contributed by atoms with Crippen LogP contribution in [0.4, 0.5) is 0 Å². The van der Waals surface area contributed by atoms with Crippen molar-refractivity contribution in [3.05, 3.63) is 128 Å². The third-order valence-electron chi connectivity index (χ3n) is 7.59. The minimum absolute atomic E-state index is 0.625. The van der Waals surface area contributed by atoms with E-state index >= 15 is 0 Å². The average molecular weight is 517 g/mol. The SMILES string of the molecule is Cn1ccnc1-c1cccc(-c2cccc(-n3c4ccccc4c4ccc(-c5nc6ccccc6o5)cc43)c2)c1. The summed E-state index contributed by atoms with van der Waals surface area (Å²) in [6.45, 7) is 0. The summed E-state index contributed by atoms with van der Waals surface area (Å²) in [6.07, 6.45) is 3.81. The van der Waals surface area contributed by atoms with Crippen molar-refractivity contribution in [3.8, 4) is 39.7 Å². The number of oxazole rings is 1. The lowest BCUT2D eigenvalue weighted by atomic mass is 10.0. The van der Waals surface area contributed by atoms with Gasteiger partial charge in [0, 0.05) is 47.0 Å². The highest BCUT2D eigenvalue weighted by Gasteiger charge is 2.16. The van der Waals surface area contributed by atoms with Crippen LogP contribution in [0.3, 0.4) is 0 Å². The van der Waals surface area contributed by atoms with Crippen LogP contribution in [0.5, 0.6) is 0 Å². The predicted molar refractivity (Wildman–Crippen MR) is 161 cm³/mol. The number of para-hydroxylation sites is 3. The summed E-state index contributed by atoms with van der Waals surface area (Å²) in [6, 6.07) is 40.2. The molecular formula is C35H24N4O. The third kappa shape index (κ3) is 3.56. The molecule has 190 valence electrons. The van der Waals surface area contributed by atoms with Gasteiger partial charge in [0.2, 0.25) is 5.89 Å². The van der Waals surface area contributed by atoms with Crippen molar-refractivity contribution < 1.29 is 4.42 Å². The summed E-state index contributed by atoms with van der Waals surface area (Å²) < 4.78 is 10.5. The average Bonchev–Trinajstić information content (AvgIpc) is 3.72. The normalized spacial score (nSPS) is 11.6. The fourth-order valence-corrected chi connectivity index (χ4v) is 5.68. The topological polar surface area (TPSA) is 48.8 Å². The number of hydrogen-bond acceptors (Lipinski definition) is 3. The molecule has 3 aromatic heterocycles. The number of aromatic nitrogens is 4. The molecular weight excluding hydrogens is 492 g/mol. The lowest BCUT2D eigenvalue weighted by molar-refractivity contribution is 0.620. The molecule has 0 atom stereocenters. The summed E-state index contributed by atoms with van der Waals surface area (Å²) >= 11 is 0. The van der Waals surface area contributed by atoms with E-state index in [9.17, 15) is 0 Å². The monoisotopic (exact) mass is 516 g/mol. The Balaban J connectivity index is 1.31. The minimum atomic E-state index is 0.625. The molecule has 0 fully saturated rings. The van der Waals surface area contributed by atoms with E-state index in [0.29, 0.717) is 5.89 Å². The molecule has 0 amide bonds. The van der Waals surface area contributed by atoms with E-state index in [2.05, 4.69) is 101 Å². The van der Waals surface area contributed by atoms with Crippen molar-refractivity contribution in [1.29, 1.82) is 0 Å². The van der Waals surface area contributed by atoms with Crippen LogP contribution in [-0.2, 0) is 7.05 Å². The maximum Gasteiger partial charge on any atom is 0.227 e. The first-order valence-electron chi connectivity index (χ1n) is 13.3. The van der Waals surface area contributed by atoms with Crippen molar-refractivity contribution in [3.63, 3.8) is 0 Å². The van der Waals surface area contributed by atoms with Gasteiger partial charge in [0.25, 0.3) is 0 Å².